The summed E-state index contributed by atoms with van der Waals surface area (Å²) in [5.41, 5.74) is 0.903. The normalized spacial score (nSPS) is 20.4. The van der Waals surface area contributed by atoms with Crippen LogP contribution in [-0.4, -0.2) is 38.8 Å². The molecule has 0 radical (unpaired) electrons. The molecule has 1 heterocycles. The Kier molecular flexibility index (Phi) is 3.54. The van der Waals surface area contributed by atoms with Gasteiger partial charge in [-0.05, 0) is 12.1 Å². The standard InChI is InChI=1S/C12H16N2O2/c1-14(10-5-3-2-4-6-10)12(15)11-9-16-8-7-13-11/h2-6,11,13H,7-9H2,1H3. The second-order valence-electron chi connectivity index (χ2n) is 3.81. The van der Waals surface area contributed by atoms with Crippen LogP contribution in [0.1, 0.15) is 0 Å². The summed E-state index contributed by atoms with van der Waals surface area (Å²) in [6.45, 7) is 1.87. The van der Waals surface area contributed by atoms with Crippen LogP contribution in [-0.2, 0) is 9.53 Å². The minimum Gasteiger partial charge on any atom is -0.378 e. The lowest BCUT2D eigenvalue weighted by molar-refractivity contribution is -0.123. The fraction of sp³-hybridized carbons (Fsp3) is 0.417. The number of nitrogens with one attached hydrogen (secondary N) is 1. The van der Waals surface area contributed by atoms with Crippen molar-refractivity contribution in [2.75, 3.05) is 31.7 Å². The first-order chi connectivity index (χ1) is 7.79. The summed E-state index contributed by atoms with van der Waals surface area (Å²) in [6, 6.07) is 9.39. The molecule has 4 heteroatoms. The summed E-state index contributed by atoms with van der Waals surface area (Å²) in [5.74, 6) is 0.0471. The van der Waals surface area contributed by atoms with Crippen LogP contribution < -0.4 is 10.2 Å². The summed E-state index contributed by atoms with van der Waals surface area (Å²) in [4.78, 5) is 13.7. The van der Waals surface area contributed by atoms with Gasteiger partial charge in [0.25, 0.3) is 0 Å². The minimum absolute atomic E-state index is 0.0471. The number of rotatable bonds is 2. The van der Waals surface area contributed by atoms with Gasteiger partial charge in [0.2, 0.25) is 5.91 Å². The van der Waals surface area contributed by atoms with Crippen LogP contribution in [0.3, 0.4) is 0 Å². The number of likely N-dealkylation sites (N-methyl/N-ethyl adjacent to an activating group) is 1. The average Bonchev–Trinajstić information content (AvgIpc) is 2.39. The smallest absolute Gasteiger partial charge is 0.246 e. The number of carbonyl (C=O) groups is 1. The lowest BCUT2D eigenvalue weighted by Gasteiger charge is -2.27. The number of carbonyl (C=O) groups excluding carboxylic acids is 1. The van der Waals surface area contributed by atoms with Gasteiger partial charge in [-0.2, -0.15) is 0 Å². The number of anilines is 1. The molecule has 1 aromatic rings. The number of hydrogen-bond donors (Lipinski definition) is 1. The van der Waals surface area contributed by atoms with E-state index in [-0.39, 0.29) is 11.9 Å². The molecular formula is C12H16N2O2. The number of nitrogens with zero attached hydrogens (tertiary/aromatic N) is 1. The fourth-order valence-corrected chi connectivity index (χ4v) is 1.74. The van der Waals surface area contributed by atoms with E-state index >= 15 is 0 Å². The Morgan fingerprint density at radius 2 is 2.19 bits per heavy atom. The molecule has 4 nitrogen and oxygen atoms in total. The van der Waals surface area contributed by atoms with E-state index in [4.69, 9.17) is 4.74 Å². The largest absolute Gasteiger partial charge is 0.378 e. The van der Waals surface area contributed by atoms with Crippen LogP contribution in [0.2, 0.25) is 0 Å². The third-order valence-corrected chi connectivity index (χ3v) is 2.69. The van der Waals surface area contributed by atoms with Gasteiger partial charge >= 0.3 is 0 Å². The Bertz CT molecular complexity index is 347. The van der Waals surface area contributed by atoms with E-state index in [0.29, 0.717) is 13.2 Å². The molecule has 1 fully saturated rings. The maximum Gasteiger partial charge on any atom is 0.246 e. The van der Waals surface area contributed by atoms with E-state index in [1.807, 2.05) is 30.3 Å². The molecule has 0 aromatic heterocycles. The van der Waals surface area contributed by atoms with Gasteiger partial charge in [0.1, 0.15) is 6.04 Å². The first kappa shape index (κ1) is 11.1. The molecule has 2 rings (SSSR count). The summed E-state index contributed by atoms with van der Waals surface area (Å²) >= 11 is 0. The molecule has 1 amide bonds. The van der Waals surface area contributed by atoms with Crippen LogP contribution in [0.5, 0.6) is 0 Å². The third-order valence-electron chi connectivity index (χ3n) is 2.69. The molecule has 1 aliphatic heterocycles. The van der Waals surface area contributed by atoms with Crippen LogP contribution in [0, 0.1) is 0 Å². The van der Waals surface area contributed by atoms with E-state index in [1.54, 1.807) is 11.9 Å². The molecule has 1 atom stereocenters. The van der Waals surface area contributed by atoms with Crippen LogP contribution >= 0.6 is 0 Å². The van der Waals surface area contributed by atoms with Crippen molar-refractivity contribution in [3.05, 3.63) is 30.3 Å². The quantitative estimate of drug-likeness (QED) is 0.795. The zero-order valence-electron chi connectivity index (χ0n) is 9.35. The second-order valence-corrected chi connectivity index (χ2v) is 3.81. The molecular weight excluding hydrogens is 204 g/mol. The average molecular weight is 220 g/mol. The maximum absolute atomic E-state index is 12.1. The van der Waals surface area contributed by atoms with Crippen molar-refractivity contribution in [1.29, 1.82) is 0 Å². The highest BCUT2D eigenvalue weighted by molar-refractivity contribution is 5.96. The van der Waals surface area contributed by atoms with Gasteiger partial charge in [0.05, 0.1) is 13.2 Å². The Morgan fingerprint density at radius 3 is 2.81 bits per heavy atom. The third kappa shape index (κ3) is 2.40. The van der Waals surface area contributed by atoms with Crippen molar-refractivity contribution in [3.63, 3.8) is 0 Å². The van der Waals surface area contributed by atoms with E-state index in [2.05, 4.69) is 5.32 Å². The Hall–Kier alpha value is -1.39. The molecule has 1 aliphatic rings. The lowest BCUT2D eigenvalue weighted by Crippen LogP contribution is -2.51. The van der Waals surface area contributed by atoms with E-state index in [0.717, 1.165) is 12.2 Å². The van der Waals surface area contributed by atoms with Crippen molar-refractivity contribution in [2.24, 2.45) is 0 Å². The molecule has 16 heavy (non-hydrogen) atoms. The first-order valence-electron chi connectivity index (χ1n) is 5.43. The van der Waals surface area contributed by atoms with Crippen molar-refractivity contribution < 1.29 is 9.53 Å². The van der Waals surface area contributed by atoms with E-state index in [9.17, 15) is 4.79 Å². The Labute approximate surface area is 95.2 Å². The van der Waals surface area contributed by atoms with Crippen LogP contribution in [0.25, 0.3) is 0 Å². The molecule has 1 N–H and O–H groups in total. The molecule has 1 aromatic carbocycles. The number of ether oxygens (including phenoxy) is 1. The SMILES string of the molecule is CN(C(=O)C1COCCN1)c1ccccc1. The van der Waals surface area contributed by atoms with Gasteiger partial charge in [-0.15, -0.1) is 0 Å². The van der Waals surface area contributed by atoms with Crippen LogP contribution in [0.4, 0.5) is 5.69 Å². The summed E-state index contributed by atoms with van der Waals surface area (Å²) < 4.78 is 5.28. The molecule has 0 spiro atoms. The van der Waals surface area contributed by atoms with Gasteiger partial charge in [-0.3, -0.25) is 4.79 Å². The number of hydrogen-bond acceptors (Lipinski definition) is 3. The van der Waals surface area contributed by atoms with Crippen LogP contribution in [0.15, 0.2) is 30.3 Å². The van der Waals surface area contributed by atoms with Crippen molar-refractivity contribution in [1.82, 2.24) is 5.32 Å². The second kappa shape index (κ2) is 5.09. The number of morpholine rings is 1. The molecule has 0 saturated carbocycles. The molecule has 1 unspecified atom stereocenters. The zero-order valence-corrected chi connectivity index (χ0v) is 9.35. The van der Waals surface area contributed by atoms with E-state index in [1.165, 1.54) is 0 Å². The summed E-state index contributed by atoms with van der Waals surface area (Å²) in [6.07, 6.45) is 0. The predicted molar refractivity (Wildman–Crippen MR) is 62.5 cm³/mol. The summed E-state index contributed by atoms with van der Waals surface area (Å²) in [5, 5.41) is 3.15. The van der Waals surface area contributed by atoms with Crippen molar-refractivity contribution >= 4 is 11.6 Å². The molecule has 0 bridgehead atoms. The topological polar surface area (TPSA) is 41.6 Å². The zero-order chi connectivity index (χ0) is 11.4. The number of amides is 1. The van der Waals surface area contributed by atoms with Crippen molar-refractivity contribution in [2.45, 2.75) is 6.04 Å². The highest BCUT2D eigenvalue weighted by Crippen LogP contribution is 2.12. The molecule has 86 valence electrons. The first-order valence-corrected chi connectivity index (χ1v) is 5.43. The maximum atomic E-state index is 12.1. The highest BCUT2D eigenvalue weighted by Gasteiger charge is 2.24. The predicted octanol–water partition coefficient (Wildman–Crippen LogP) is 0.638. The van der Waals surface area contributed by atoms with Gasteiger partial charge in [0, 0.05) is 19.3 Å². The highest BCUT2D eigenvalue weighted by atomic mass is 16.5. The van der Waals surface area contributed by atoms with Gasteiger partial charge in [-0.1, -0.05) is 18.2 Å². The minimum atomic E-state index is -0.223. The molecule has 1 saturated heterocycles. The number of para-hydroxylation sites is 1. The Morgan fingerprint density at radius 1 is 1.44 bits per heavy atom. The number of benzene rings is 1. The van der Waals surface area contributed by atoms with Crippen molar-refractivity contribution in [3.8, 4) is 0 Å². The van der Waals surface area contributed by atoms with E-state index < -0.39 is 0 Å². The van der Waals surface area contributed by atoms with Gasteiger partial charge in [-0.25, -0.2) is 0 Å². The summed E-state index contributed by atoms with van der Waals surface area (Å²) in [7, 11) is 1.79. The Balaban J connectivity index is 2.04. The fourth-order valence-electron chi connectivity index (χ4n) is 1.74. The van der Waals surface area contributed by atoms with Gasteiger partial charge < -0.3 is 15.0 Å². The lowest BCUT2D eigenvalue weighted by atomic mass is 10.2. The van der Waals surface area contributed by atoms with Gasteiger partial charge in [0.15, 0.2) is 0 Å². The monoisotopic (exact) mass is 220 g/mol. The molecule has 0 aliphatic carbocycles.